The Kier molecular flexibility index (Phi) is 7.07. The quantitative estimate of drug-likeness (QED) is 0.461. The molecule has 1 unspecified atom stereocenters. The van der Waals surface area contributed by atoms with Gasteiger partial charge in [0.15, 0.2) is 6.79 Å². The summed E-state index contributed by atoms with van der Waals surface area (Å²) in [6.45, 7) is 4.87. The van der Waals surface area contributed by atoms with Gasteiger partial charge in [0, 0.05) is 29.2 Å². The first-order chi connectivity index (χ1) is 14.7. The van der Waals surface area contributed by atoms with E-state index in [2.05, 4.69) is 23.2 Å². The molecule has 2 aliphatic heterocycles. The summed E-state index contributed by atoms with van der Waals surface area (Å²) in [4.78, 5) is 14.7. The zero-order chi connectivity index (χ0) is 20.8. The zero-order valence-corrected chi connectivity index (χ0v) is 17.8. The number of carbonyl (C=O) groups is 1. The van der Waals surface area contributed by atoms with Crippen LogP contribution in [0, 0.1) is 0 Å². The molecule has 30 heavy (non-hydrogen) atoms. The van der Waals surface area contributed by atoms with Crippen LogP contribution in [0.25, 0.3) is 16.5 Å². The Morgan fingerprint density at radius 1 is 1.30 bits per heavy atom. The van der Waals surface area contributed by atoms with Gasteiger partial charge in [0.1, 0.15) is 5.58 Å². The molecule has 6 heteroatoms. The number of hydrogen-bond acceptors (Lipinski definition) is 5. The molecular formula is C24H32N2O4. The van der Waals surface area contributed by atoms with E-state index in [1.165, 1.54) is 37.8 Å². The number of unbranched alkanes of at least 4 members (excludes halogenated alkanes) is 1. The summed E-state index contributed by atoms with van der Waals surface area (Å²) < 4.78 is 16.2. The second kappa shape index (κ2) is 10.1. The van der Waals surface area contributed by atoms with Crippen LogP contribution in [0.2, 0.25) is 0 Å². The van der Waals surface area contributed by atoms with Crippen LogP contribution in [-0.2, 0) is 9.47 Å². The lowest BCUT2D eigenvalue weighted by Crippen LogP contribution is -2.38. The minimum absolute atomic E-state index is 0.0322. The van der Waals surface area contributed by atoms with Gasteiger partial charge in [-0.2, -0.15) is 0 Å². The van der Waals surface area contributed by atoms with E-state index in [-0.39, 0.29) is 6.79 Å². The van der Waals surface area contributed by atoms with Gasteiger partial charge in [-0.1, -0.05) is 25.8 Å². The maximum Gasteiger partial charge on any atom is 0.413 e. The van der Waals surface area contributed by atoms with Crippen LogP contribution in [0.1, 0.15) is 57.4 Å². The largest absolute Gasteiger partial charge is 0.464 e. The van der Waals surface area contributed by atoms with Crippen LogP contribution in [0.4, 0.5) is 10.5 Å². The maximum atomic E-state index is 12.0. The number of rotatable bonds is 7. The van der Waals surface area contributed by atoms with Crippen LogP contribution in [0.3, 0.4) is 0 Å². The number of hydrogen-bond donors (Lipinski definition) is 1. The maximum absolute atomic E-state index is 12.0. The summed E-state index contributed by atoms with van der Waals surface area (Å²) >= 11 is 0. The van der Waals surface area contributed by atoms with Crippen LogP contribution in [-0.4, -0.2) is 43.5 Å². The molecule has 0 radical (unpaired) electrons. The van der Waals surface area contributed by atoms with Gasteiger partial charge in [-0.3, -0.25) is 10.2 Å². The fourth-order valence-electron chi connectivity index (χ4n) is 4.43. The number of amides is 1. The van der Waals surface area contributed by atoms with E-state index in [1.54, 1.807) is 0 Å². The highest BCUT2D eigenvalue weighted by atomic mass is 16.7. The van der Waals surface area contributed by atoms with Gasteiger partial charge in [0.05, 0.1) is 12.9 Å². The van der Waals surface area contributed by atoms with Crippen LogP contribution in [0.5, 0.6) is 0 Å². The fourth-order valence-corrected chi connectivity index (χ4v) is 4.43. The monoisotopic (exact) mass is 412 g/mol. The molecule has 4 rings (SSSR count). The molecule has 162 valence electrons. The lowest BCUT2D eigenvalue weighted by molar-refractivity contribution is -0.0110. The summed E-state index contributed by atoms with van der Waals surface area (Å²) in [5, 5.41) is 3.81. The van der Waals surface area contributed by atoms with Crippen molar-refractivity contribution in [3.8, 4) is 0 Å². The van der Waals surface area contributed by atoms with Crippen LogP contribution in [0.15, 0.2) is 35.0 Å². The van der Waals surface area contributed by atoms with E-state index in [9.17, 15) is 4.79 Å². The summed E-state index contributed by atoms with van der Waals surface area (Å²) in [6, 6.07) is 6.40. The standard InChI is InChI=1S/C24H32N2O4/c1-2-3-14-28-17-30-24(27)25-19-8-10-23-21(15-19)22(16-29-23)18-7-9-20-6-4-5-12-26(20)13-11-18/h8,10-11,15-16,20H,2-7,9,12-14,17H2,1H3,(H,25,27). The molecule has 1 fully saturated rings. The third kappa shape index (κ3) is 5.05. The van der Waals surface area contributed by atoms with Gasteiger partial charge < -0.3 is 13.9 Å². The second-order valence-electron chi connectivity index (χ2n) is 8.21. The summed E-state index contributed by atoms with van der Waals surface area (Å²) in [6.07, 6.45) is 11.9. The molecule has 0 aliphatic carbocycles. The number of allylic oxidation sites excluding steroid dienone is 1. The van der Waals surface area contributed by atoms with Crippen molar-refractivity contribution in [1.82, 2.24) is 4.90 Å². The van der Waals surface area contributed by atoms with Crippen molar-refractivity contribution in [2.45, 2.75) is 57.9 Å². The van der Waals surface area contributed by atoms with E-state index in [0.29, 0.717) is 18.3 Å². The lowest BCUT2D eigenvalue weighted by atomic mass is 9.95. The number of fused-ring (bicyclic) bond motifs is 2. The molecule has 2 aliphatic rings. The molecule has 1 aromatic heterocycles. The van der Waals surface area contributed by atoms with Crippen molar-refractivity contribution in [3.05, 3.63) is 36.1 Å². The SMILES string of the molecule is CCCCOCOC(=O)Nc1ccc2occ(C3=CCN4CCCCC4CC3)c2c1. The highest BCUT2D eigenvalue weighted by Gasteiger charge is 2.25. The Bertz CT molecular complexity index is 888. The minimum atomic E-state index is -0.513. The van der Waals surface area contributed by atoms with Crippen LogP contribution < -0.4 is 5.32 Å². The molecule has 1 aromatic carbocycles. The molecule has 3 heterocycles. The smallest absolute Gasteiger partial charge is 0.413 e. The third-order valence-corrected chi connectivity index (χ3v) is 6.15. The van der Waals surface area contributed by atoms with Crippen molar-refractivity contribution in [2.24, 2.45) is 0 Å². The number of furan rings is 1. The Hall–Kier alpha value is -2.31. The first kappa shape index (κ1) is 20.9. The van der Waals surface area contributed by atoms with E-state index < -0.39 is 6.09 Å². The topological polar surface area (TPSA) is 63.9 Å². The van der Waals surface area contributed by atoms with Gasteiger partial charge in [0.2, 0.25) is 0 Å². The van der Waals surface area contributed by atoms with Crippen molar-refractivity contribution in [2.75, 3.05) is 31.8 Å². The van der Waals surface area contributed by atoms with Gasteiger partial charge in [-0.15, -0.1) is 0 Å². The van der Waals surface area contributed by atoms with Crippen molar-refractivity contribution < 1.29 is 18.7 Å². The van der Waals surface area contributed by atoms with E-state index in [1.807, 2.05) is 24.5 Å². The first-order valence-corrected chi connectivity index (χ1v) is 11.2. The molecule has 1 atom stereocenters. The van der Waals surface area contributed by atoms with Crippen molar-refractivity contribution in [3.63, 3.8) is 0 Å². The highest BCUT2D eigenvalue weighted by molar-refractivity contribution is 5.95. The molecule has 6 nitrogen and oxygen atoms in total. The molecule has 2 aromatic rings. The average molecular weight is 413 g/mol. The predicted octanol–water partition coefficient (Wildman–Crippen LogP) is 5.79. The van der Waals surface area contributed by atoms with Crippen molar-refractivity contribution in [1.29, 1.82) is 0 Å². The van der Waals surface area contributed by atoms with Crippen LogP contribution >= 0.6 is 0 Å². The highest BCUT2D eigenvalue weighted by Crippen LogP contribution is 2.35. The van der Waals surface area contributed by atoms with Gasteiger partial charge >= 0.3 is 6.09 Å². The zero-order valence-electron chi connectivity index (χ0n) is 17.8. The number of nitrogens with one attached hydrogen (secondary N) is 1. The minimum Gasteiger partial charge on any atom is -0.464 e. The first-order valence-electron chi connectivity index (χ1n) is 11.2. The molecule has 0 saturated carbocycles. The molecule has 1 amide bonds. The molecule has 0 spiro atoms. The number of ether oxygens (including phenoxy) is 2. The average Bonchev–Trinajstić information content (AvgIpc) is 3.05. The normalized spacial score (nSPS) is 19.8. The number of piperidine rings is 1. The Balaban J connectivity index is 1.42. The number of nitrogens with zero attached hydrogens (tertiary/aromatic N) is 1. The molecule has 0 bridgehead atoms. The van der Waals surface area contributed by atoms with Gasteiger partial charge in [0.25, 0.3) is 0 Å². The summed E-state index contributed by atoms with van der Waals surface area (Å²) in [5.74, 6) is 0. The van der Waals surface area contributed by atoms with E-state index in [4.69, 9.17) is 13.9 Å². The number of anilines is 1. The summed E-state index contributed by atoms with van der Waals surface area (Å²) in [5.41, 5.74) is 3.99. The Labute approximate surface area is 178 Å². The Morgan fingerprint density at radius 3 is 3.13 bits per heavy atom. The number of benzene rings is 1. The van der Waals surface area contributed by atoms with E-state index in [0.717, 1.165) is 42.3 Å². The molecule has 1 N–H and O–H groups in total. The Morgan fingerprint density at radius 2 is 2.23 bits per heavy atom. The van der Waals surface area contributed by atoms with Gasteiger partial charge in [-0.05, 0) is 62.4 Å². The lowest BCUT2D eigenvalue weighted by Gasteiger charge is -2.33. The summed E-state index contributed by atoms with van der Waals surface area (Å²) in [7, 11) is 0. The third-order valence-electron chi connectivity index (χ3n) is 6.15. The van der Waals surface area contributed by atoms with Crippen molar-refractivity contribution >= 4 is 28.3 Å². The fraction of sp³-hybridized carbons (Fsp3) is 0.542. The predicted molar refractivity (Wildman–Crippen MR) is 118 cm³/mol. The van der Waals surface area contributed by atoms with E-state index >= 15 is 0 Å². The molecular weight excluding hydrogens is 380 g/mol. The number of carbonyl (C=O) groups excluding carboxylic acids is 1. The molecule has 1 saturated heterocycles. The van der Waals surface area contributed by atoms with Gasteiger partial charge in [-0.25, -0.2) is 4.79 Å². The second-order valence-corrected chi connectivity index (χ2v) is 8.21.